The lowest BCUT2D eigenvalue weighted by molar-refractivity contribution is 0.285. The summed E-state index contributed by atoms with van der Waals surface area (Å²) in [5, 5.41) is 1.17. The average Bonchev–Trinajstić information content (AvgIpc) is 2.61. The van der Waals surface area contributed by atoms with E-state index in [0.29, 0.717) is 6.54 Å². The van der Waals surface area contributed by atoms with Gasteiger partial charge in [-0.15, -0.1) is 0 Å². The molecular formula is C19H27N3O2S. The molecule has 25 heavy (non-hydrogen) atoms. The van der Waals surface area contributed by atoms with Gasteiger partial charge >= 0.3 is 0 Å². The minimum Gasteiger partial charge on any atom is -0.371 e. The second-order valence-electron chi connectivity index (χ2n) is 6.69. The van der Waals surface area contributed by atoms with Crippen molar-refractivity contribution >= 4 is 26.6 Å². The van der Waals surface area contributed by atoms with Crippen molar-refractivity contribution in [2.24, 2.45) is 0 Å². The van der Waals surface area contributed by atoms with Crippen molar-refractivity contribution in [1.82, 2.24) is 9.29 Å². The summed E-state index contributed by atoms with van der Waals surface area (Å²) in [4.78, 5) is 7.11. The second kappa shape index (κ2) is 7.30. The third kappa shape index (κ3) is 3.80. The molecule has 2 heterocycles. The fourth-order valence-electron chi connectivity index (χ4n) is 3.81. The Kier molecular flexibility index (Phi) is 5.29. The van der Waals surface area contributed by atoms with E-state index >= 15 is 0 Å². The van der Waals surface area contributed by atoms with Gasteiger partial charge in [-0.05, 0) is 31.4 Å². The Morgan fingerprint density at radius 1 is 1.20 bits per heavy atom. The number of aryl methyl sites for hydroxylation is 1. The molecule has 0 unspecified atom stereocenters. The highest BCUT2D eigenvalue weighted by molar-refractivity contribution is 7.88. The molecule has 1 aliphatic heterocycles. The zero-order chi connectivity index (χ0) is 18.0. The van der Waals surface area contributed by atoms with Gasteiger partial charge < -0.3 is 4.90 Å². The Hall–Kier alpha value is -1.66. The molecule has 0 saturated carbocycles. The van der Waals surface area contributed by atoms with Gasteiger partial charge in [0.25, 0.3) is 0 Å². The van der Waals surface area contributed by atoms with Crippen LogP contribution in [0.1, 0.15) is 32.4 Å². The van der Waals surface area contributed by atoms with Crippen LogP contribution in [0.3, 0.4) is 0 Å². The number of hydrogen-bond acceptors (Lipinski definition) is 4. The van der Waals surface area contributed by atoms with Gasteiger partial charge in [0.05, 0.1) is 11.8 Å². The molecular weight excluding hydrogens is 334 g/mol. The summed E-state index contributed by atoms with van der Waals surface area (Å²) in [6, 6.07) is 10.6. The van der Waals surface area contributed by atoms with E-state index in [-0.39, 0.29) is 6.04 Å². The number of anilines is 1. The zero-order valence-electron chi connectivity index (χ0n) is 15.3. The van der Waals surface area contributed by atoms with Crippen molar-refractivity contribution in [3.63, 3.8) is 0 Å². The maximum Gasteiger partial charge on any atom is 0.211 e. The van der Waals surface area contributed by atoms with E-state index in [0.717, 1.165) is 43.6 Å². The van der Waals surface area contributed by atoms with Gasteiger partial charge in [-0.2, -0.15) is 4.31 Å². The number of piperidine rings is 1. The number of aromatic nitrogens is 1. The fourth-order valence-corrected chi connectivity index (χ4v) is 5.03. The molecule has 0 N–H and O–H groups in total. The normalized spacial score (nSPS) is 16.7. The van der Waals surface area contributed by atoms with E-state index in [4.69, 9.17) is 4.98 Å². The molecule has 1 aromatic heterocycles. The maximum absolute atomic E-state index is 12.0. The first kappa shape index (κ1) is 18.1. The van der Waals surface area contributed by atoms with Crippen LogP contribution < -0.4 is 4.90 Å². The van der Waals surface area contributed by atoms with Gasteiger partial charge in [0.1, 0.15) is 0 Å². The molecule has 0 spiro atoms. The number of fused-ring (bicyclic) bond motifs is 1. The Bertz CT molecular complexity index is 843. The predicted molar refractivity (Wildman–Crippen MR) is 104 cm³/mol. The summed E-state index contributed by atoms with van der Waals surface area (Å²) >= 11 is 0. The number of nitrogens with zero attached hydrogens (tertiary/aromatic N) is 3. The third-order valence-electron chi connectivity index (χ3n) is 5.06. The molecule has 3 rings (SSSR count). The number of pyridine rings is 1. The van der Waals surface area contributed by atoms with Crippen LogP contribution in [0.4, 0.5) is 5.69 Å². The maximum atomic E-state index is 12.0. The van der Waals surface area contributed by atoms with E-state index in [2.05, 4.69) is 30.0 Å². The SMILES string of the molecule is CCc1cc(N2CCC(N(CC)S(C)(=O)=O)CC2)c2ccccc2n1. The van der Waals surface area contributed by atoms with E-state index in [1.807, 2.05) is 19.1 Å². The minimum atomic E-state index is -3.14. The molecule has 0 bridgehead atoms. The first-order chi connectivity index (χ1) is 11.9. The van der Waals surface area contributed by atoms with Crippen LogP contribution in [-0.2, 0) is 16.4 Å². The minimum absolute atomic E-state index is 0.106. The molecule has 0 amide bonds. The standard InChI is InChI=1S/C19H27N3O2S/c1-4-15-14-19(17-8-6-7-9-18(17)20-15)21-12-10-16(11-13-21)22(5-2)25(3,23)24/h6-9,14,16H,4-5,10-13H2,1-3H3. The summed E-state index contributed by atoms with van der Waals surface area (Å²) in [6.45, 7) is 6.32. The first-order valence-electron chi connectivity index (χ1n) is 9.04. The van der Waals surface area contributed by atoms with Crippen molar-refractivity contribution < 1.29 is 8.42 Å². The highest BCUT2D eigenvalue weighted by Gasteiger charge is 2.29. The van der Waals surface area contributed by atoms with E-state index in [9.17, 15) is 8.42 Å². The van der Waals surface area contributed by atoms with Gasteiger partial charge in [-0.3, -0.25) is 4.98 Å². The van der Waals surface area contributed by atoms with Crippen LogP contribution in [0.2, 0.25) is 0 Å². The Balaban J connectivity index is 1.85. The molecule has 1 saturated heterocycles. The van der Waals surface area contributed by atoms with Crippen molar-refractivity contribution in [3.05, 3.63) is 36.0 Å². The van der Waals surface area contributed by atoms with Gasteiger partial charge in [0, 0.05) is 42.4 Å². The number of benzene rings is 1. The summed E-state index contributed by atoms with van der Waals surface area (Å²) in [5.74, 6) is 0. The molecule has 1 aliphatic rings. The monoisotopic (exact) mass is 361 g/mol. The highest BCUT2D eigenvalue weighted by atomic mass is 32.2. The van der Waals surface area contributed by atoms with Crippen LogP contribution in [0.25, 0.3) is 10.9 Å². The number of sulfonamides is 1. The Labute approximate surface area is 150 Å². The van der Waals surface area contributed by atoms with Crippen LogP contribution >= 0.6 is 0 Å². The van der Waals surface area contributed by atoms with Gasteiger partial charge in [0.2, 0.25) is 10.0 Å². The zero-order valence-corrected chi connectivity index (χ0v) is 16.1. The number of rotatable bonds is 5. The summed E-state index contributed by atoms with van der Waals surface area (Å²) in [6.07, 6.45) is 3.94. The van der Waals surface area contributed by atoms with Crippen molar-refractivity contribution in [2.75, 3.05) is 30.8 Å². The number of para-hydroxylation sites is 1. The lowest BCUT2D eigenvalue weighted by atomic mass is 10.0. The Morgan fingerprint density at radius 3 is 2.48 bits per heavy atom. The van der Waals surface area contributed by atoms with Crippen molar-refractivity contribution in [2.45, 2.75) is 39.2 Å². The lowest BCUT2D eigenvalue weighted by Gasteiger charge is -2.38. The molecule has 136 valence electrons. The highest BCUT2D eigenvalue weighted by Crippen LogP contribution is 2.30. The molecule has 1 aromatic carbocycles. The van der Waals surface area contributed by atoms with Crippen molar-refractivity contribution in [3.8, 4) is 0 Å². The van der Waals surface area contributed by atoms with E-state index in [1.165, 1.54) is 17.3 Å². The van der Waals surface area contributed by atoms with Crippen LogP contribution in [0, 0.1) is 0 Å². The smallest absolute Gasteiger partial charge is 0.211 e. The second-order valence-corrected chi connectivity index (χ2v) is 8.62. The third-order valence-corrected chi connectivity index (χ3v) is 6.47. The van der Waals surface area contributed by atoms with Crippen LogP contribution in [0.15, 0.2) is 30.3 Å². The van der Waals surface area contributed by atoms with Crippen molar-refractivity contribution in [1.29, 1.82) is 0 Å². The molecule has 2 aromatic rings. The molecule has 1 fully saturated rings. The van der Waals surface area contributed by atoms with Crippen LogP contribution in [-0.4, -0.2) is 49.6 Å². The lowest BCUT2D eigenvalue weighted by Crippen LogP contribution is -2.47. The fraction of sp³-hybridized carbons (Fsp3) is 0.526. The largest absolute Gasteiger partial charge is 0.371 e. The Morgan fingerprint density at radius 2 is 1.88 bits per heavy atom. The van der Waals surface area contributed by atoms with E-state index < -0.39 is 10.0 Å². The van der Waals surface area contributed by atoms with Gasteiger partial charge in [-0.25, -0.2) is 8.42 Å². The summed E-state index contributed by atoms with van der Waals surface area (Å²) < 4.78 is 25.6. The molecule has 0 radical (unpaired) electrons. The summed E-state index contributed by atoms with van der Waals surface area (Å²) in [7, 11) is -3.14. The quantitative estimate of drug-likeness (QED) is 0.821. The number of hydrogen-bond donors (Lipinski definition) is 0. The van der Waals surface area contributed by atoms with E-state index in [1.54, 1.807) is 4.31 Å². The van der Waals surface area contributed by atoms with Gasteiger partial charge in [-0.1, -0.05) is 32.0 Å². The first-order valence-corrected chi connectivity index (χ1v) is 10.9. The average molecular weight is 362 g/mol. The summed E-state index contributed by atoms with van der Waals surface area (Å²) in [5.41, 5.74) is 3.36. The molecule has 0 aliphatic carbocycles. The molecule has 6 heteroatoms. The molecule has 5 nitrogen and oxygen atoms in total. The van der Waals surface area contributed by atoms with Crippen LogP contribution in [0.5, 0.6) is 0 Å². The molecule has 0 atom stereocenters. The predicted octanol–water partition coefficient (Wildman–Crippen LogP) is 3.05. The topological polar surface area (TPSA) is 53.5 Å². The van der Waals surface area contributed by atoms with Gasteiger partial charge in [0.15, 0.2) is 0 Å².